The zero-order valence-corrected chi connectivity index (χ0v) is 11.3. The number of carboxylic acids is 1. The Bertz CT molecular complexity index is 342. The molecule has 0 aliphatic rings. The third-order valence-corrected chi connectivity index (χ3v) is 3.05. The molecule has 0 unspecified atom stereocenters. The van der Waals surface area contributed by atoms with E-state index >= 15 is 0 Å². The van der Waals surface area contributed by atoms with Crippen molar-refractivity contribution in [3.63, 3.8) is 0 Å². The Labute approximate surface area is 110 Å². The molecule has 0 aliphatic carbocycles. The number of hydrogen-bond acceptors (Lipinski definition) is 3. The van der Waals surface area contributed by atoms with Crippen molar-refractivity contribution < 1.29 is 15.0 Å². The van der Waals surface area contributed by atoms with E-state index in [0.717, 1.165) is 5.56 Å². The average Bonchev–Trinajstić information content (AvgIpc) is 2.15. The molecule has 0 aromatic heterocycles. The van der Waals surface area contributed by atoms with Gasteiger partial charge in [0.15, 0.2) is 0 Å². The molecule has 1 aromatic rings. The average molecular weight is 386 g/mol. The van der Waals surface area contributed by atoms with Crippen LogP contribution >= 0.6 is 39.0 Å². The second-order valence-electron chi connectivity index (χ2n) is 2.98. The molecule has 0 fully saturated rings. The van der Waals surface area contributed by atoms with Crippen LogP contribution in [0.2, 0.25) is 0 Å². The predicted octanol–water partition coefficient (Wildman–Crippen LogP) is 2.35. The summed E-state index contributed by atoms with van der Waals surface area (Å²) >= 11 is 4.98. The molecule has 1 atom stereocenters. The number of hydrogen-bond donors (Lipinski definition) is 2. The highest BCUT2D eigenvalue weighted by Crippen LogP contribution is 2.19. The highest BCUT2D eigenvalue weighted by molar-refractivity contribution is 14.1. The van der Waals surface area contributed by atoms with E-state index in [1.54, 1.807) is 24.3 Å². The minimum atomic E-state index is -0.894. The molecule has 6 heteroatoms. The van der Waals surface area contributed by atoms with Gasteiger partial charge in [0.25, 0.3) is 0 Å². The Hall–Kier alpha value is -0.340. The van der Waals surface area contributed by atoms with Crippen LogP contribution in [0.1, 0.15) is 5.56 Å². The Morgan fingerprint density at radius 3 is 2.40 bits per heavy atom. The smallest absolute Gasteiger partial charge is 0.323 e. The fourth-order valence-corrected chi connectivity index (χ4v) is 1.85. The van der Waals surface area contributed by atoms with Gasteiger partial charge in [-0.15, -0.1) is 0 Å². The minimum absolute atomic E-state index is 0.177. The first-order valence-corrected chi connectivity index (χ1v) is 5.79. The van der Waals surface area contributed by atoms with E-state index in [1.807, 2.05) is 22.9 Å². The van der Waals surface area contributed by atoms with Gasteiger partial charge >= 0.3 is 5.97 Å². The number of phenolic OH excluding ortho intramolecular Hbond substituents is 1. The molecule has 82 valence electrons. The van der Waals surface area contributed by atoms with Crippen molar-refractivity contribution in [2.75, 3.05) is 0 Å². The molecule has 0 bridgehead atoms. The summed E-state index contributed by atoms with van der Waals surface area (Å²) < 4.78 is 1.44. The largest absolute Gasteiger partial charge is 0.508 e. The van der Waals surface area contributed by atoms with Crippen molar-refractivity contribution in [1.29, 1.82) is 0 Å². The zero-order chi connectivity index (χ0) is 11.4. The predicted molar refractivity (Wildman–Crippen MR) is 68.0 cm³/mol. The summed E-state index contributed by atoms with van der Waals surface area (Å²) in [6, 6.07) is 5.87. The zero-order valence-electron chi connectivity index (χ0n) is 7.60. The molecule has 0 radical (unpaired) electrons. The van der Waals surface area contributed by atoms with Gasteiger partial charge < -0.3 is 10.2 Å². The molecule has 0 saturated carbocycles. The van der Waals surface area contributed by atoms with Crippen LogP contribution in [0.3, 0.4) is 0 Å². The first-order valence-electron chi connectivity index (χ1n) is 4.12. The first-order chi connectivity index (χ1) is 7.00. The number of halogens is 2. The highest BCUT2D eigenvalue weighted by atomic mass is 127. The third kappa shape index (κ3) is 3.96. The first kappa shape index (κ1) is 12.7. The van der Waals surface area contributed by atoms with E-state index in [-0.39, 0.29) is 5.75 Å². The van der Waals surface area contributed by atoms with Gasteiger partial charge in [-0.25, -0.2) is 0 Å². The molecule has 2 N–H and O–H groups in total. The SMILES string of the molecule is O=C(O)[C@H](Cc1ccc(O)cc1)N(Br)I. The molecule has 15 heavy (non-hydrogen) atoms. The van der Waals surface area contributed by atoms with Crippen LogP contribution in [0, 0.1) is 0 Å². The van der Waals surface area contributed by atoms with Crippen LogP contribution in [-0.4, -0.2) is 24.4 Å². The van der Waals surface area contributed by atoms with Crippen molar-refractivity contribution in [1.82, 2.24) is 2.14 Å². The number of carbonyl (C=O) groups is 1. The topological polar surface area (TPSA) is 60.8 Å². The minimum Gasteiger partial charge on any atom is -0.508 e. The fourth-order valence-electron chi connectivity index (χ4n) is 1.10. The lowest BCUT2D eigenvalue weighted by atomic mass is 10.1. The molecule has 0 heterocycles. The maximum absolute atomic E-state index is 10.9. The lowest BCUT2D eigenvalue weighted by molar-refractivity contribution is -0.139. The molecule has 4 nitrogen and oxygen atoms in total. The fraction of sp³-hybridized carbons (Fsp3) is 0.222. The molecule has 0 saturated heterocycles. The van der Waals surface area contributed by atoms with Crippen molar-refractivity contribution in [3.8, 4) is 5.75 Å². The maximum atomic E-state index is 10.9. The Balaban J connectivity index is 2.74. The van der Waals surface area contributed by atoms with Gasteiger partial charge in [0, 0.05) is 45.4 Å². The molecule has 1 rings (SSSR count). The Morgan fingerprint density at radius 2 is 2.00 bits per heavy atom. The second kappa shape index (κ2) is 5.66. The van der Waals surface area contributed by atoms with Crippen LogP contribution in [0.15, 0.2) is 24.3 Å². The monoisotopic (exact) mass is 385 g/mol. The summed E-state index contributed by atoms with van der Waals surface area (Å²) in [6.45, 7) is 0. The van der Waals surface area contributed by atoms with Gasteiger partial charge in [-0.2, -0.15) is 2.14 Å². The van der Waals surface area contributed by atoms with Gasteiger partial charge in [0.2, 0.25) is 0 Å². The van der Waals surface area contributed by atoms with Crippen LogP contribution in [0.25, 0.3) is 0 Å². The van der Waals surface area contributed by atoms with Gasteiger partial charge in [-0.3, -0.25) is 4.79 Å². The van der Waals surface area contributed by atoms with Gasteiger partial charge in [-0.1, -0.05) is 12.1 Å². The number of nitrogens with zero attached hydrogens (tertiary/aromatic N) is 1. The summed E-state index contributed by atoms with van der Waals surface area (Å²) in [5.74, 6) is -0.717. The lowest BCUT2D eigenvalue weighted by Crippen LogP contribution is -2.30. The highest BCUT2D eigenvalue weighted by Gasteiger charge is 2.22. The summed E-state index contributed by atoms with van der Waals surface area (Å²) in [7, 11) is 0. The summed E-state index contributed by atoms with van der Waals surface area (Å²) in [5.41, 5.74) is 0.862. The molecule has 0 aliphatic heterocycles. The number of aromatic hydroxyl groups is 1. The number of aliphatic carboxylic acids is 1. The molecule has 1 aromatic carbocycles. The second-order valence-corrected chi connectivity index (χ2v) is 6.11. The number of benzene rings is 1. The van der Waals surface area contributed by atoms with Crippen molar-refractivity contribution in [2.45, 2.75) is 12.5 Å². The molecular weight excluding hydrogens is 377 g/mol. The van der Waals surface area contributed by atoms with Gasteiger partial charge in [0.1, 0.15) is 11.8 Å². The van der Waals surface area contributed by atoms with Crippen molar-refractivity contribution >= 4 is 45.0 Å². The molecular formula is C9H9BrINO3. The normalized spacial score (nSPS) is 12.7. The van der Waals surface area contributed by atoms with Gasteiger partial charge in [0.05, 0.1) is 0 Å². The number of phenols is 1. The third-order valence-electron chi connectivity index (χ3n) is 1.89. The van der Waals surface area contributed by atoms with Gasteiger partial charge in [-0.05, 0) is 17.7 Å². The van der Waals surface area contributed by atoms with E-state index in [9.17, 15) is 4.79 Å². The molecule has 0 spiro atoms. The Morgan fingerprint density at radius 1 is 1.47 bits per heavy atom. The van der Waals surface area contributed by atoms with E-state index < -0.39 is 12.0 Å². The summed E-state index contributed by atoms with van der Waals surface area (Å²) in [5, 5.41) is 18.0. The molecule has 0 amide bonds. The lowest BCUT2D eigenvalue weighted by Gasteiger charge is -2.15. The number of rotatable bonds is 4. The van der Waals surface area contributed by atoms with E-state index in [2.05, 4.69) is 16.1 Å². The maximum Gasteiger partial charge on any atom is 0.323 e. The van der Waals surface area contributed by atoms with Crippen molar-refractivity contribution in [3.05, 3.63) is 29.8 Å². The number of carboxylic acid groups (broad SMARTS) is 1. The van der Waals surface area contributed by atoms with E-state index in [1.165, 1.54) is 2.14 Å². The quantitative estimate of drug-likeness (QED) is 0.617. The van der Waals surface area contributed by atoms with Crippen LogP contribution in [-0.2, 0) is 11.2 Å². The Kier molecular flexibility index (Phi) is 4.81. The van der Waals surface area contributed by atoms with Crippen molar-refractivity contribution in [2.24, 2.45) is 0 Å². The van der Waals surface area contributed by atoms with Crippen LogP contribution < -0.4 is 0 Å². The standard InChI is InChI=1S/C9H9BrINO3/c10-12(11)8(9(14)15)5-6-1-3-7(13)4-2-6/h1-4,8,13H,5H2,(H,14,15)/t8-/m0/s1. The van der Waals surface area contributed by atoms with Crippen LogP contribution in [0.4, 0.5) is 0 Å². The van der Waals surface area contributed by atoms with Crippen LogP contribution in [0.5, 0.6) is 5.75 Å². The summed E-state index contributed by atoms with van der Waals surface area (Å²) in [6.07, 6.45) is 0.379. The van der Waals surface area contributed by atoms with E-state index in [0.29, 0.717) is 6.42 Å². The summed E-state index contributed by atoms with van der Waals surface area (Å²) in [4.78, 5) is 10.9. The van der Waals surface area contributed by atoms with E-state index in [4.69, 9.17) is 10.2 Å².